The van der Waals surface area contributed by atoms with Gasteiger partial charge < -0.3 is 9.74 Å². The van der Waals surface area contributed by atoms with E-state index in [0.29, 0.717) is 10.5 Å². The summed E-state index contributed by atoms with van der Waals surface area (Å²) in [4.78, 5) is 17.0. The van der Waals surface area contributed by atoms with Gasteiger partial charge in [0, 0.05) is 42.1 Å². The summed E-state index contributed by atoms with van der Waals surface area (Å²) in [6, 6.07) is 0. The minimum Gasteiger partial charge on any atom is -0.375 e. The summed E-state index contributed by atoms with van der Waals surface area (Å²) in [5.41, 5.74) is -2.64. The summed E-state index contributed by atoms with van der Waals surface area (Å²) in [6.07, 6.45) is 0.187. The van der Waals surface area contributed by atoms with Gasteiger partial charge in [-0.1, -0.05) is 48.0 Å². The fourth-order valence-corrected chi connectivity index (χ4v) is 3.66. The van der Waals surface area contributed by atoms with Gasteiger partial charge in [-0.25, -0.2) is 0 Å². The van der Waals surface area contributed by atoms with Crippen molar-refractivity contribution in [3.8, 4) is 0 Å². The molecule has 0 saturated heterocycles. The maximum atomic E-state index is 14.3. The van der Waals surface area contributed by atoms with Gasteiger partial charge >= 0.3 is 18.3 Å². The molecular formula is C23H22Cl2F6N2O2. The van der Waals surface area contributed by atoms with E-state index in [4.69, 9.17) is 28.0 Å². The summed E-state index contributed by atoms with van der Waals surface area (Å²) in [5, 5.41) is 3.70. The Morgan fingerprint density at radius 3 is 2.43 bits per heavy atom. The van der Waals surface area contributed by atoms with Gasteiger partial charge in [-0.05, 0) is 35.8 Å². The van der Waals surface area contributed by atoms with E-state index in [0.717, 1.165) is 19.3 Å². The second-order valence-corrected chi connectivity index (χ2v) is 8.37. The maximum absolute atomic E-state index is 14.3. The number of halogens is 8. The van der Waals surface area contributed by atoms with Crippen LogP contribution in [-0.2, 0) is 9.63 Å². The third-order valence-electron chi connectivity index (χ3n) is 5.24. The number of oxime groups is 1. The highest BCUT2D eigenvalue weighted by Gasteiger charge is 2.59. The molecule has 0 spiro atoms. The predicted octanol–water partition coefficient (Wildman–Crippen LogP) is 7.11. The second kappa shape index (κ2) is 11.5. The van der Waals surface area contributed by atoms with E-state index >= 15 is 0 Å². The van der Waals surface area contributed by atoms with Crippen LogP contribution in [0.4, 0.5) is 26.3 Å². The number of likely N-dealkylation sites (N-methyl/N-ethyl adjacent to an activating group) is 1. The van der Waals surface area contributed by atoms with Crippen molar-refractivity contribution in [2.45, 2.75) is 44.1 Å². The molecule has 0 fully saturated rings. The zero-order valence-corrected chi connectivity index (χ0v) is 20.2. The molecule has 2 aliphatic rings. The summed E-state index contributed by atoms with van der Waals surface area (Å²) in [6.45, 7) is 1.27. The highest BCUT2D eigenvalue weighted by molar-refractivity contribution is 6.30. The first kappa shape index (κ1) is 28.8. The number of allylic oxidation sites excluding steroid dienone is 9. The lowest BCUT2D eigenvalue weighted by Gasteiger charge is -2.33. The van der Waals surface area contributed by atoms with E-state index in [9.17, 15) is 31.1 Å². The lowest BCUT2D eigenvalue weighted by Crippen LogP contribution is -2.47. The van der Waals surface area contributed by atoms with Crippen molar-refractivity contribution in [2.24, 2.45) is 5.16 Å². The first-order chi connectivity index (χ1) is 16.2. The third-order valence-corrected chi connectivity index (χ3v) is 5.81. The first-order valence-corrected chi connectivity index (χ1v) is 11.2. The molecular weight excluding hydrogens is 521 g/mol. The van der Waals surface area contributed by atoms with Gasteiger partial charge in [0.15, 0.2) is 0 Å². The molecule has 2 rings (SSSR count). The number of amides is 1. The van der Waals surface area contributed by atoms with Gasteiger partial charge in [-0.3, -0.25) is 4.79 Å². The Bertz CT molecular complexity index is 1040. The molecule has 4 nitrogen and oxygen atoms in total. The topological polar surface area (TPSA) is 41.9 Å². The van der Waals surface area contributed by atoms with Gasteiger partial charge in [-0.2, -0.15) is 26.3 Å². The van der Waals surface area contributed by atoms with E-state index in [-0.39, 0.29) is 40.6 Å². The first-order valence-electron chi connectivity index (χ1n) is 10.3. The second-order valence-electron chi connectivity index (χ2n) is 7.62. The Balaban J connectivity index is 2.41. The summed E-state index contributed by atoms with van der Waals surface area (Å²) in [5.74, 6) is -2.14. The van der Waals surface area contributed by atoms with E-state index in [2.05, 4.69) is 5.16 Å². The van der Waals surface area contributed by atoms with Crippen LogP contribution < -0.4 is 0 Å². The smallest absolute Gasteiger partial charge is 0.375 e. The van der Waals surface area contributed by atoms with E-state index in [1.165, 1.54) is 31.2 Å². The van der Waals surface area contributed by atoms with Crippen LogP contribution in [0.2, 0.25) is 0 Å². The molecule has 0 saturated carbocycles. The fraction of sp³-hybridized carbons (Fsp3) is 0.391. The molecule has 0 N–H and O–H groups in total. The van der Waals surface area contributed by atoms with Crippen LogP contribution >= 0.6 is 23.2 Å². The SMILES string of the molecule is CCC(O/N=C/C1=CC(N(C)C(=O)C(F)(F)F)=CC=CC1)(C1=CC(CCl)=CCC(Cl)=C1)C(F)(F)F. The number of hydrogen-bond donors (Lipinski definition) is 0. The highest BCUT2D eigenvalue weighted by atomic mass is 35.5. The normalized spacial score (nSPS) is 19.0. The predicted molar refractivity (Wildman–Crippen MR) is 123 cm³/mol. The van der Waals surface area contributed by atoms with Crippen molar-refractivity contribution in [3.05, 3.63) is 70.0 Å². The van der Waals surface area contributed by atoms with Gasteiger partial charge in [0.2, 0.25) is 0 Å². The Morgan fingerprint density at radius 2 is 1.86 bits per heavy atom. The number of carbonyl (C=O) groups is 1. The van der Waals surface area contributed by atoms with E-state index in [1.807, 2.05) is 0 Å². The van der Waals surface area contributed by atoms with Crippen LogP contribution in [-0.4, -0.2) is 47.9 Å². The Kier molecular flexibility index (Phi) is 9.47. The maximum Gasteiger partial charge on any atom is 0.471 e. The zero-order chi connectivity index (χ0) is 26.4. The lowest BCUT2D eigenvalue weighted by atomic mass is 9.88. The van der Waals surface area contributed by atoms with Crippen LogP contribution in [0.15, 0.2) is 75.1 Å². The number of nitrogens with zero attached hydrogens (tertiary/aromatic N) is 2. The van der Waals surface area contributed by atoms with Crippen LogP contribution in [0, 0.1) is 0 Å². The van der Waals surface area contributed by atoms with Gasteiger partial charge in [0.05, 0.1) is 6.21 Å². The van der Waals surface area contributed by atoms with Gasteiger partial charge in [0.1, 0.15) is 0 Å². The molecule has 1 atom stereocenters. The molecule has 0 radical (unpaired) electrons. The minimum atomic E-state index is -5.10. The van der Waals surface area contributed by atoms with Crippen molar-refractivity contribution in [3.63, 3.8) is 0 Å². The number of carbonyl (C=O) groups excluding carboxylic acids is 1. The number of alkyl halides is 7. The lowest BCUT2D eigenvalue weighted by molar-refractivity contribution is -0.262. The van der Waals surface area contributed by atoms with Gasteiger partial charge in [0.25, 0.3) is 5.60 Å². The fourth-order valence-electron chi connectivity index (χ4n) is 3.28. The van der Waals surface area contributed by atoms with E-state index in [1.54, 1.807) is 12.2 Å². The van der Waals surface area contributed by atoms with Crippen LogP contribution in [0.5, 0.6) is 0 Å². The quantitative estimate of drug-likeness (QED) is 0.149. The average molecular weight is 543 g/mol. The van der Waals surface area contributed by atoms with Crippen LogP contribution in [0.3, 0.4) is 0 Å². The number of hydrogen-bond acceptors (Lipinski definition) is 3. The number of rotatable bonds is 7. The van der Waals surface area contributed by atoms with Crippen molar-refractivity contribution in [1.82, 2.24) is 4.90 Å². The molecule has 0 aromatic carbocycles. The molecule has 12 heteroatoms. The van der Waals surface area contributed by atoms with Crippen molar-refractivity contribution in [1.29, 1.82) is 0 Å². The Labute approximate surface area is 208 Å². The molecule has 2 aliphatic carbocycles. The van der Waals surface area contributed by atoms with Crippen LogP contribution in [0.25, 0.3) is 0 Å². The molecule has 0 aromatic rings. The van der Waals surface area contributed by atoms with Crippen molar-refractivity contribution in [2.75, 3.05) is 12.9 Å². The Hall–Kier alpha value is -2.46. The highest BCUT2D eigenvalue weighted by Crippen LogP contribution is 2.44. The summed E-state index contributed by atoms with van der Waals surface area (Å²) >= 11 is 11.9. The molecule has 35 heavy (non-hydrogen) atoms. The van der Waals surface area contributed by atoms with Gasteiger partial charge in [-0.15, -0.1) is 11.6 Å². The zero-order valence-electron chi connectivity index (χ0n) is 18.7. The van der Waals surface area contributed by atoms with Crippen LogP contribution in [0.1, 0.15) is 26.2 Å². The molecule has 0 aromatic heterocycles. The molecule has 192 valence electrons. The summed E-state index contributed by atoms with van der Waals surface area (Å²) in [7, 11) is 0.935. The minimum absolute atomic E-state index is 0.0407. The van der Waals surface area contributed by atoms with E-state index < -0.39 is 30.3 Å². The van der Waals surface area contributed by atoms with Crippen molar-refractivity contribution < 1.29 is 36.0 Å². The third kappa shape index (κ3) is 7.04. The standard InChI is InChI=1S/C23H22Cl2F6N2O2/c1-3-21(23(29,30)31,17-10-15(13-24)8-9-18(25)12-17)35-32-14-16-6-4-5-7-19(11-16)33(2)20(34)22(26,27)28/h4-5,7-8,10-12,14H,3,6,9,13H2,1-2H3/b32-14+. The summed E-state index contributed by atoms with van der Waals surface area (Å²) < 4.78 is 81.2. The van der Waals surface area contributed by atoms with Crippen molar-refractivity contribution >= 4 is 35.3 Å². The Morgan fingerprint density at radius 1 is 1.17 bits per heavy atom. The molecule has 1 unspecified atom stereocenters. The average Bonchev–Trinajstić information content (AvgIpc) is 3.12. The molecule has 0 heterocycles. The molecule has 1 amide bonds. The largest absolute Gasteiger partial charge is 0.471 e. The molecule has 0 bridgehead atoms. The molecule has 0 aliphatic heterocycles. The monoisotopic (exact) mass is 542 g/mol.